The molecule has 0 unspecified atom stereocenters. The van der Waals surface area contributed by atoms with Crippen molar-refractivity contribution in [3.8, 4) is 0 Å². The fourth-order valence-corrected chi connectivity index (χ4v) is 4.93. The molecule has 1 atom stereocenters. The SMILES string of the molecule is O=c1[nH]c2ccc(S(=O)(=O)NC[C@H]3CCCN(Cc4ccccc4)C3)cc2[nH]1. The Balaban J connectivity index is 1.38. The number of hydrogen-bond acceptors (Lipinski definition) is 4. The lowest BCUT2D eigenvalue weighted by Crippen LogP contribution is -2.40. The Kier molecular flexibility index (Phi) is 5.34. The average molecular weight is 401 g/mol. The van der Waals surface area contributed by atoms with Gasteiger partial charge in [-0.15, -0.1) is 0 Å². The van der Waals surface area contributed by atoms with Crippen LogP contribution < -0.4 is 10.4 Å². The van der Waals surface area contributed by atoms with Gasteiger partial charge in [-0.1, -0.05) is 30.3 Å². The van der Waals surface area contributed by atoms with Gasteiger partial charge in [0, 0.05) is 19.6 Å². The van der Waals surface area contributed by atoms with Crippen LogP contribution in [0.2, 0.25) is 0 Å². The van der Waals surface area contributed by atoms with E-state index in [1.54, 1.807) is 6.07 Å². The molecule has 1 fully saturated rings. The van der Waals surface area contributed by atoms with Gasteiger partial charge >= 0.3 is 5.69 Å². The number of nitrogens with one attached hydrogen (secondary N) is 3. The van der Waals surface area contributed by atoms with E-state index < -0.39 is 10.0 Å². The van der Waals surface area contributed by atoms with Crippen molar-refractivity contribution in [2.24, 2.45) is 5.92 Å². The van der Waals surface area contributed by atoms with Gasteiger partial charge in [-0.3, -0.25) is 4.90 Å². The van der Waals surface area contributed by atoms with Crippen molar-refractivity contribution in [2.45, 2.75) is 24.3 Å². The summed E-state index contributed by atoms with van der Waals surface area (Å²) in [5.74, 6) is 0.281. The van der Waals surface area contributed by atoms with Crippen molar-refractivity contribution in [2.75, 3.05) is 19.6 Å². The molecular weight excluding hydrogens is 376 g/mol. The van der Waals surface area contributed by atoms with E-state index in [1.807, 2.05) is 18.2 Å². The van der Waals surface area contributed by atoms with Gasteiger partial charge < -0.3 is 9.97 Å². The zero-order valence-corrected chi connectivity index (χ0v) is 16.3. The highest BCUT2D eigenvalue weighted by atomic mass is 32.2. The van der Waals surface area contributed by atoms with Gasteiger partial charge in [-0.2, -0.15) is 0 Å². The van der Waals surface area contributed by atoms with Gasteiger partial charge in [0.05, 0.1) is 15.9 Å². The minimum absolute atomic E-state index is 0.159. The molecule has 3 N–H and O–H groups in total. The summed E-state index contributed by atoms with van der Waals surface area (Å²) < 4.78 is 28.1. The van der Waals surface area contributed by atoms with Crippen molar-refractivity contribution in [3.63, 3.8) is 0 Å². The van der Waals surface area contributed by atoms with E-state index in [1.165, 1.54) is 17.7 Å². The highest BCUT2D eigenvalue weighted by Crippen LogP contribution is 2.20. The molecule has 0 bridgehead atoms. The normalized spacial score (nSPS) is 18.5. The third-order valence-corrected chi connectivity index (χ3v) is 6.63. The maximum absolute atomic E-state index is 12.7. The largest absolute Gasteiger partial charge is 0.323 e. The molecule has 1 saturated heterocycles. The van der Waals surface area contributed by atoms with Crippen LogP contribution in [0.15, 0.2) is 58.2 Å². The quantitative estimate of drug-likeness (QED) is 0.590. The molecule has 2 aromatic carbocycles. The third kappa shape index (κ3) is 4.35. The minimum atomic E-state index is -3.62. The lowest BCUT2D eigenvalue weighted by molar-refractivity contribution is 0.169. The molecule has 3 aromatic rings. The second kappa shape index (κ2) is 7.90. The van der Waals surface area contributed by atoms with Gasteiger partial charge in [0.2, 0.25) is 10.0 Å². The smallest absolute Gasteiger partial charge is 0.306 e. The van der Waals surface area contributed by atoms with E-state index in [0.29, 0.717) is 17.6 Å². The number of benzene rings is 2. The van der Waals surface area contributed by atoms with Crippen LogP contribution in [0.5, 0.6) is 0 Å². The van der Waals surface area contributed by atoms with E-state index in [9.17, 15) is 13.2 Å². The van der Waals surface area contributed by atoms with E-state index in [-0.39, 0.29) is 16.5 Å². The van der Waals surface area contributed by atoms with E-state index >= 15 is 0 Å². The zero-order valence-electron chi connectivity index (χ0n) is 15.5. The summed E-state index contributed by atoms with van der Waals surface area (Å²) in [6.07, 6.45) is 2.08. The van der Waals surface area contributed by atoms with Crippen LogP contribution >= 0.6 is 0 Å². The molecule has 148 valence electrons. The van der Waals surface area contributed by atoms with Crippen LogP contribution in [-0.2, 0) is 16.6 Å². The first-order valence-corrected chi connectivity index (χ1v) is 11.0. The molecule has 2 heterocycles. The summed E-state index contributed by atoms with van der Waals surface area (Å²) in [4.78, 5) is 19.1. The standard InChI is InChI=1S/C20H24N4O3S/c25-20-22-18-9-8-17(11-19(18)23-20)28(26,27)21-12-16-7-4-10-24(14-16)13-15-5-2-1-3-6-15/h1-3,5-6,8-9,11,16,21H,4,7,10,12-14H2,(H2,22,23,25)/t16-/m1/s1. The highest BCUT2D eigenvalue weighted by molar-refractivity contribution is 7.89. The predicted molar refractivity (Wildman–Crippen MR) is 109 cm³/mol. The number of rotatable bonds is 6. The lowest BCUT2D eigenvalue weighted by Gasteiger charge is -2.32. The highest BCUT2D eigenvalue weighted by Gasteiger charge is 2.23. The number of H-pyrrole nitrogens is 2. The van der Waals surface area contributed by atoms with Crippen LogP contribution in [0.1, 0.15) is 18.4 Å². The molecule has 0 spiro atoms. The average Bonchev–Trinajstić information content (AvgIpc) is 3.07. The van der Waals surface area contributed by atoms with Crippen LogP contribution in [0, 0.1) is 5.92 Å². The van der Waals surface area contributed by atoms with Crippen molar-refractivity contribution >= 4 is 21.1 Å². The summed E-state index contributed by atoms with van der Waals surface area (Å²) in [5.41, 5.74) is 2.00. The Hall–Kier alpha value is -2.42. The van der Waals surface area contributed by atoms with Crippen molar-refractivity contribution in [3.05, 3.63) is 64.6 Å². The summed E-state index contributed by atoms with van der Waals surface area (Å²) in [6.45, 7) is 3.22. The number of hydrogen-bond donors (Lipinski definition) is 3. The number of imidazole rings is 1. The fourth-order valence-electron chi connectivity index (χ4n) is 3.79. The van der Waals surface area contributed by atoms with Crippen LogP contribution in [0.3, 0.4) is 0 Å². The third-order valence-electron chi connectivity index (χ3n) is 5.21. The predicted octanol–water partition coefficient (Wildman–Crippen LogP) is 2.05. The van der Waals surface area contributed by atoms with Crippen LogP contribution in [0.4, 0.5) is 0 Å². The second-order valence-electron chi connectivity index (χ2n) is 7.37. The topological polar surface area (TPSA) is 98.1 Å². The Morgan fingerprint density at radius 3 is 2.68 bits per heavy atom. The lowest BCUT2D eigenvalue weighted by atomic mass is 9.98. The maximum Gasteiger partial charge on any atom is 0.323 e. The summed E-state index contributed by atoms with van der Waals surface area (Å²) in [6, 6.07) is 14.9. The fraction of sp³-hybridized carbons (Fsp3) is 0.350. The van der Waals surface area contributed by atoms with E-state index in [2.05, 4.69) is 31.7 Å². The molecule has 1 aliphatic heterocycles. The summed E-state index contributed by atoms with van der Waals surface area (Å²) in [5, 5.41) is 0. The van der Waals surface area contributed by atoms with Crippen LogP contribution in [0.25, 0.3) is 11.0 Å². The van der Waals surface area contributed by atoms with Crippen molar-refractivity contribution < 1.29 is 8.42 Å². The molecule has 1 aliphatic rings. The molecule has 7 nitrogen and oxygen atoms in total. The summed E-state index contributed by atoms with van der Waals surface area (Å²) >= 11 is 0. The Morgan fingerprint density at radius 2 is 1.86 bits per heavy atom. The monoisotopic (exact) mass is 400 g/mol. The zero-order chi connectivity index (χ0) is 19.6. The number of aromatic nitrogens is 2. The van der Waals surface area contributed by atoms with E-state index in [4.69, 9.17) is 0 Å². The molecule has 0 saturated carbocycles. The van der Waals surface area contributed by atoms with Gasteiger partial charge in [-0.05, 0) is 49.1 Å². The molecule has 0 radical (unpaired) electrons. The number of aromatic amines is 2. The molecule has 28 heavy (non-hydrogen) atoms. The van der Waals surface area contributed by atoms with Crippen LogP contribution in [-0.4, -0.2) is 42.9 Å². The molecule has 0 amide bonds. The first-order chi connectivity index (χ1) is 13.5. The van der Waals surface area contributed by atoms with Gasteiger partial charge in [-0.25, -0.2) is 17.9 Å². The first-order valence-electron chi connectivity index (χ1n) is 9.47. The van der Waals surface area contributed by atoms with Gasteiger partial charge in [0.15, 0.2) is 0 Å². The molecule has 4 rings (SSSR count). The molecule has 8 heteroatoms. The number of nitrogens with zero attached hydrogens (tertiary/aromatic N) is 1. The number of piperidine rings is 1. The number of sulfonamides is 1. The Bertz CT molecular complexity index is 1110. The van der Waals surface area contributed by atoms with Gasteiger partial charge in [0.1, 0.15) is 0 Å². The van der Waals surface area contributed by atoms with Crippen molar-refractivity contribution in [1.82, 2.24) is 19.6 Å². The molecule has 0 aliphatic carbocycles. The van der Waals surface area contributed by atoms with Crippen molar-refractivity contribution in [1.29, 1.82) is 0 Å². The maximum atomic E-state index is 12.7. The Morgan fingerprint density at radius 1 is 1.07 bits per heavy atom. The Labute approximate surface area is 163 Å². The number of likely N-dealkylation sites (tertiary alicyclic amines) is 1. The molecular formula is C20H24N4O3S. The first kappa shape index (κ1) is 18.9. The number of fused-ring (bicyclic) bond motifs is 1. The van der Waals surface area contributed by atoms with Gasteiger partial charge in [0.25, 0.3) is 0 Å². The van der Waals surface area contributed by atoms with E-state index in [0.717, 1.165) is 32.5 Å². The molecule has 1 aromatic heterocycles. The summed E-state index contributed by atoms with van der Waals surface area (Å²) in [7, 11) is -3.62. The second-order valence-corrected chi connectivity index (χ2v) is 9.13. The minimum Gasteiger partial charge on any atom is -0.306 e.